The fourth-order valence-corrected chi connectivity index (χ4v) is 1.81. The molecule has 0 aliphatic rings. The van der Waals surface area contributed by atoms with Gasteiger partial charge in [0.15, 0.2) is 0 Å². The molecule has 98 valence electrons. The van der Waals surface area contributed by atoms with Crippen LogP contribution in [0.15, 0.2) is 24.3 Å². The summed E-state index contributed by atoms with van der Waals surface area (Å²) in [5, 5.41) is 0.673. The molecule has 18 heavy (non-hydrogen) atoms. The molecule has 1 amide bonds. The molecule has 5 heteroatoms. The Labute approximate surface area is 118 Å². The molecule has 1 aromatic rings. The number of hydrogen-bond donors (Lipinski definition) is 1. The van der Waals surface area contributed by atoms with Crippen molar-refractivity contribution in [3.05, 3.63) is 34.9 Å². The van der Waals surface area contributed by atoms with E-state index < -0.39 is 0 Å². The van der Waals surface area contributed by atoms with Crippen LogP contribution in [-0.2, 0) is 11.2 Å². The van der Waals surface area contributed by atoms with Crippen LogP contribution in [0.2, 0.25) is 5.02 Å². The standard InChI is InChI=1S/C13H17ClN2OS/c1-2-16(8-7-12(15)18)13(17)9-10-3-5-11(14)6-4-10/h3-6H,2,7-9H2,1H3,(H2,15,18). The summed E-state index contributed by atoms with van der Waals surface area (Å²) in [5.74, 6) is 0.0797. The summed E-state index contributed by atoms with van der Waals surface area (Å²) in [5.41, 5.74) is 6.40. The first-order chi connectivity index (χ1) is 8.52. The smallest absolute Gasteiger partial charge is 0.226 e. The van der Waals surface area contributed by atoms with E-state index in [0.29, 0.717) is 35.9 Å². The molecule has 0 saturated heterocycles. The van der Waals surface area contributed by atoms with Gasteiger partial charge < -0.3 is 10.6 Å². The molecule has 0 unspecified atom stereocenters. The third-order valence-corrected chi connectivity index (χ3v) is 3.09. The van der Waals surface area contributed by atoms with Crippen LogP contribution in [0.25, 0.3) is 0 Å². The number of carbonyl (C=O) groups is 1. The average Bonchev–Trinajstić information content (AvgIpc) is 2.32. The van der Waals surface area contributed by atoms with Crippen molar-refractivity contribution in [2.75, 3.05) is 13.1 Å². The van der Waals surface area contributed by atoms with Crippen molar-refractivity contribution in [1.29, 1.82) is 0 Å². The largest absolute Gasteiger partial charge is 0.393 e. The van der Waals surface area contributed by atoms with E-state index in [4.69, 9.17) is 29.6 Å². The lowest BCUT2D eigenvalue weighted by atomic mass is 10.1. The molecule has 1 rings (SSSR count). The van der Waals surface area contributed by atoms with Gasteiger partial charge in [-0.2, -0.15) is 0 Å². The van der Waals surface area contributed by atoms with E-state index in [2.05, 4.69) is 0 Å². The van der Waals surface area contributed by atoms with Crippen LogP contribution in [-0.4, -0.2) is 28.9 Å². The minimum atomic E-state index is 0.0797. The fourth-order valence-electron chi connectivity index (χ4n) is 1.59. The number of carbonyl (C=O) groups excluding carboxylic acids is 1. The molecule has 0 heterocycles. The Morgan fingerprint density at radius 1 is 1.39 bits per heavy atom. The van der Waals surface area contributed by atoms with Gasteiger partial charge in [0.2, 0.25) is 5.91 Å². The van der Waals surface area contributed by atoms with Crippen molar-refractivity contribution in [2.24, 2.45) is 5.73 Å². The summed E-state index contributed by atoms with van der Waals surface area (Å²) in [6, 6.07) is 7.30. The van der Waals surface area contributed by atoms with E-state index in [1.165, 1.54) is 0 Å². The van der Waals surface area contributed by atoms with Crippen LogP contribution >= 0.6 is 23.8 Å². The van der Waals surface area contributed by atoms with Gasteiger partial charge in [0.1, 0.15) is 0 Å². The predicted octanol–water partition coefficient (Wildman–Crippen LogP) is 2.41. The van der Waals surface area contributed by atoms with E-state index in [0.717, 1.165) is 5.56 Å². The number of nitrogens with two attached hydrogens (primary N) is 1. The molecule has 0 bridgehead atoms. The maximum Gasteiger partial charge on any atom is 0.226 e. The van der Waals surface area contributed by atoms with E-state index >= 15 is 0 Å². The average molecular weight is 285 g/mol. The summed E-state index contributed by atoms with van der Waals surface area (Å²) in [6.07, 6.45) is 0.942. The van der Waals surface area contributed by atoms with E-state index in [9.17, 15) is 4.79 Å². The van der Waals surface area contributed by atoms with Crippen LogP contribution < -0.4 is 5.73 Å². The lowest BCUT2D eigenvalue weighted by molar-refractivity contribution is -0.130. The second-order valence-electron chi connectivity index (χ2n) is 3.99. The summed E-state index contributed by atoms with van der Waals surface area (Å²) < 4.78 is 0. The Hall–Kier alpha value is -1.13. The van der Waals surface area contributed by atoms with Gasteiger partial charge in [-0.3, -0.25) is 4.79 Å². The third-order valence-electron chi connectivity index (χ3n) is 2.63. The molecule has 0 spiro atoms. The van der Waals surface area contributed by atoms with Gasteiger partial charge in [0.25, 0.3) is 0 Å². The van der Waals surface area contributed by atoms with Crippen LogP contribution in [0, 0.1) is 0 Å². The molecule has 2 N–H and O–H groups in total. The van der Waals surface area contributed by atoms with Crippen LogP contribution in [0.1, 0.15) is 18.9 Å². The number of benzene rings is 1. The molecule has 0 aliphatic carbocycles. The second-order valence-corrected chi connectivity index (χ2v) is 4.95. The summed E-state index contributed by atoms with van der Waals surface area (Å²) in [7, 11) is 0. The summed E-state index contributed by atoms with van der Waals surface area (Å²) in [6.45, 7) is 3.19. The van der Waals surface area contributed by atoms with Gasteiger partial charge in [-0.15, -0.1) is 0 Å². The number of nitrogens with zero attached hydrogens (tertiary/aromatic N) is 1. The highest BCUT2D eigenvalue weighted by Crippen LogP contribution is 2.11. The topological polar surface area (TPSA) is 46.3 Å². The van der Waals surface area contributed by atoms with E-state index in [-0.39, 0.29) is 5.91 Å². The molecule has 0 radical (unpaired) electrons. The highest BCUT2D eigenvalue weighted by atomic mass is 35.5. The number of thiocarbonyl (C=S) groups is 1. The Bertz CT molecular complexity index is 420. The maximum atomic E-state index is 12.0. The van der Waals surface area contributed by atoms with Gasteiger partial charge in [-0.05, 0) is 24.6 Å². The number of rotatable bonds is 6. The summed E-state index contributed by atoms with van der Waals surface area (Å²) >= 11 is 10.6. The number of amides is 1. The SMILES string of the molecule is CCN(CCC(N)=S)C(=O)Cc1ccc(Cl)cc1. The second kappa shape index (κ2) is 7.34. The normalized spacial score (nSPS) is 10.1. The molecular formula is C13H17ClN2OS. The van der Waals surface area contributed by atoms with Crippen LogP contribution in [0.3, 0.4) is 0 Å². The predicted molar refractivity (Wildman–Crippen MR) is 78.8 cm³/mol. The Morgan fingerprint density at radius 3 is 2.50 bits per heavy atom. The number of halogens is 1. The van der Waals surface area contributed by atoms with Gasteiger partial charge in [-0.25, -0.2) is 0 Å². The van der Waals surface area contributed by atoms with Crippen LogP contribution in [0.5, 0.6) is 0 Å². The molecule has 0 aromatic heterocycles. The first-order valence-electron chi connectivity index (χ1n) is 5.83. The molecule has 3 nitrogen and oxygen atoms in total. The van der Waals surface area contributed by atoms with Crippen molar-refractivity contribution in [3.8, 4) is 0 Å². The molecular weight excluding hydrogens is 268 g/mol. The maximum absolute atomic E-state index is 12.0. The summed E-state index contributed by atoms with van der Waals surface area (Å²) in [4.78, 5) is 14.2. The van der Waals surface area contributed by atoms with E-state index in [1.807, 2.05) is 19.1 Å². The minimum absolute atomic E-state index is 0.0797. The first kappa shape index (κ1) is 14.9. The quantitative estimate of drug-likeness (QED) is 0.816. The zero-order chi connectivity index (χ0) is 13.5. The van der Waals surface area contributed by atoms with Crippen molar-refractivity contribution in [1.82, 2.24) is 4.90 Å². The number of likely N-dealkylation sites (N-methyl/N-ethyl adjacent to an activating group) is 1. The molecule has 0 atom stereocenters. The van der Waals surface area contributed by atoms with Gasteiger partial charge in [-0.1, -0.05) is 36.0 Å². The molecule has 0 aliphatic heterocycles. The lowest BCUT2D eigenvalue weighted by Crippen LogP contribution is -2.34. The van der Waals surface area contributed by atoms with Crippen molar-refractivity contribution < 1.29 is 4.79 Å². The third kappa shape index (κ3) is 5.02. The Kier molecular flexibility index (Phi) is 6.09. The van der Waals surface area contributed by atoms with Crippen molar-refractivity contribution in [2.45, 2.75) is 19.8 Å². The van der Waals surface area contributed by atoms with E-state index in [1.54, 1.807) is 17.0 Å². The Balaban J connectivity index is 2.56. The highest BCUT2D eigenvalue weighted by molar-refractivity contribution is 7.80. The molecule has 0 fully saturated rings. The monoisotopic (exact) mass is 284 g/mol. The van der Waals surface area contributed by atoms with Crippen molar-refractivity contribution >= 4 is 34.7 Å². The highest BCUT2D eigenvalue weighted by Gasteiger charge is 2.12. The zero-order valence-electron chi connectivity index (χ0n) is 10.4. The number of hydrogen-bond acceptors (Lipinski definition) is 2. The molecule has 0 saturated carbocycles. The zero-order valence-corrected chi connectivity index (χ0v) is 11.9. The fraction of sp³-hybridized carbons (Fsp3) is 0.385. The van der Waals surface area contributed by atoms with Gasteiger partial charge in [0.05, 0.1) is 11.4 Å². The van der Waals surface area contributed by atoms with Gasteiger partial charge in [0, 0.05) is 24.5 Å². The van der Waals surface area contributed by atoms with Crippen molar-refractivity contribution in [3.63, 3.8) is 0 Å². The lowest BCUT2D eigenvalue weighted by Gasteiger charge is -2.20. The minimum Gasteiger partial charge on any atom is -0.393 e. The Morgan fingerprint density at radius 2 is 2.00 bits per heavy atom. The van der Waals surface area contributed by atoms with Gasteiger partial charge >= 0.3 is 0 Å². The molecule has 1 aromatic carbocycles. The van der Waals surface area contributed by atoms with Crippen LogP contribution in [0.4, 0.5) is 0 Å². The first-order valence-corrected chi connectivity index (χ1v) is 6.62.